The Morgan fingerprint density at radius 2 is 1.78 bits per heavy atom. The Morgan fingerprint density at radius 3 is 2.48 bits per heavy atom. The first kappa shape index (κ1) is 34.9. The number of aryl methyl sites for hydroxylation is 1. The summed E-state index contributed by atoms with van der Waals surface area (Å²) in [5.74, 6) is 0.469. The summed E-state index contributed by atoms with van der Waals surface area (Å²) in [6, 6.07) is 19.1. The molecule has 242 valence electrons. The van der Waals surface area contributed by atoms with Gasteiger partial charge in [-0.25, -0.2) is 9.97 Å². The smallest absolute Gasteiger partial charge is 0.310 e. The summed E-state index contributed by atoms with van der Waals surface area (Å²) in [7, 11) is 2.15. The number of anilines is 3. The van der Waals surface area contributed by atoms with Crippen molar-refractivity contribution >= 4 is 29.2 Å². The molecule has 0 unspecified atom stereocenters. The number of hydrogen-bond acceptors (Lipinski definition) is 8. The second-order valence-electron chi connectivity index (χ2n) is 12.4. The van der Waals surface area contributed by atoms with Crippen LogP contribution in [-0.2, 0) is 16.1 Å². The van der Waals surface area contributed by atoms with Crippen molar-refractivity contribution in [2.45, 2.75) is 33.7 Å². The van der Waals surface area contributed by atoms with Gasteiger partial charge in [-0.15, -0.1) is 0 Å². The van der Waals surface area contributed by atoms with Crippen LogP contribution in [0.4, 0.5) is 17.3 Å². The van der Waals surface area contributed by atoms with E-state index in [2.05, 4.69) is 37.5 Å². The van der Waals surface area contributed by atoms with Gasteiger partial charge in [0.2, 0.25) is 12.7 Å². The van der Waals surface area contributed by atoms with Crippen LogP contribution in [-0.4, -0.2) is 76.2 Å². The molecule has 0 atom stereocenters. The quantitative estimate of drug-likeness (QED) is 0.138. The number of benzene rings is 2. The first-order valence-electron chi connectivity index (χ1n) is 15.4. The standard InChI is InChI=1S/C35H41N7O3.HI/c1-25(2)20-33(43)45-24-42(4)18-16-41(17-19-42)23-27-8-10-28(11-9-27)34(44)38-30-12-7-26(3)32(21-30)40-35-37-15-13-31(39-35)29-6-5-14-36-22-29;/h5-15,21-22,25H,16-20,23-24H2,1-4H3,(H-,37,38,39,40,44);1H. The minimum Gasteiger partial charge on any atom is -1.00 e. The lowest BCUT2D eigenvalue weighted by atomic mass is 10.1. The highest BCUT2D eigenvalue weighted by Crippen LogP contribution is 2.25. The molecule has 1 saturated heterocycles. The maximum Gasteiger partial charge on any atom is 0.310 e. The number of quaternary nitrogens is 1. The number of piperazine rings is 1. The first-order valence-corrected chi connectivity index (χ1v) is 15.4. The number of ether oxygens (including phenoxy) is 1. The Kier molecular flexibility index (Phi) is 12.2. The zero-order valence-corrected chi connectivity index (χ0v) is 29.0. The fraction of sp³-hybridized carbons (Fsp3) is 0.343. The van der Waals surface area contributed by atoms with Gasteiger partial charge in [-0.05, 0) is 66.4 Å². The maximum absolute atomic E-state index is 13.1. The molecule has 1 aliphatic heterocycles. The highest BCUT2D eigenvalue weighted by Gasteiger charge is 2.30. The Hall–Kier alpha value is -3.94. The molecule has 5 rings (SSSR count). The van der Waals surface area contributed by atoms with E-state index in [0.29, 0.717) is 36.3 Å². The minimum absolute atomic E-state index is 0. The normalized spacial score (nSPS) is 14.3. The van der Waals surface area contributed by atoms with Crippen molar-refractivity contribution in [1.29, 1.82) is 0 Å². The molecule has 1 amide bonds. The lowest BCUT2D eigenvalue weighted by Crippen LogP contribution is -3.00. The van der Waals surface area contributed by atoms with Crippen LogP contribution in [0.1, 0.15) is 41.8 Å². The molecule has 2 aromatic heterocycles. The van der Waals surface area contributed by atoms with Crippen molar-refractivity contribution in [2.75, 3.05) is 50.6 Å². The van der Waals surface area contributed by atoms with Crippen LogP contribution in [0.3, 0.4) is 0 Å². The average Bonchev–Trinajstić information content (AvgIpc) is 3.03. The van der Waals surface area contributed by atoms with Crippen LogP contribution >= 0.6 is 0 Å². The number of likely N-dealkylation sites (N-methyl/N-ethyl adjacent to an activating group) is 1. The van der Waals surface area contributed by atoms with E-state index in [4.69, 9.17) is 4.74 Å². The van der Waals surface area contributed by atoms with E-state index >= 15 is 0 Å². The molecule has 0 bridgehead atoms. The number of esters is 1. The number of aromatic nitrogens is 3. The third-order valence-corrected chi connectivity index (χ3v) is 8.00. The maximum atomic E-state index is 13.1. The molecule has 0 saturated carbocycles. The molecule has 1 aliphatic rings. The van der Waals surface area contributed by atoms with Gasteiger partial charge in [0, 0.05) is 67.1 Å². The van der Waals surface area contributed by atoms with Crippen molar-refractivity contribution < 1.29 is 42.8 Å². The number of halogens is 1. The predicted molar refractivity (Wildman–Crippen MR) is 176 cm³/mol. The summed E-state index contributed by atoms with van der Waals surface area (Å²) in [5.41, 5.74) is 5.89. The van der Waals surface area contributed by atoms with Crippen LogP contribution in [0.25, 0.3) is 11.3 Å². The summed E-state index contributed by atoms with van der Waals surface area (Å²) in [5, 5.41) is 6.30. The van der Waals surface area contributed by atoms with Crippen LogP contribution < -0.4 is 34.6 Å². The van der Waals surface area contributed by atoms with Gasteiger partial charge in [0.05, 0.1) is 25.8 Å². The Labute approximate surface area is 288 Å². The van der Waals surface area contributed by atoms with Crippen molar-refractivity contribution in [3.05, 3.63) is 95.9 Å². The van der Waals surface area contributed by atoms with Crippen molar-refractivity contribution in [2.24, 2.45) is 5.92 Å². The largest absolute Gasteiger partial charge is 1.00 e. The number of nitrogens with one attached hydrogen (secondary N) is 2. The van der Waals surface area contributed by atoms with Crippen LogP contribution in [0.15, 0.2) is 79.3 Å². The molecule has 2 aromatic carbocycles. The molecule has 1 fully saturated rings. The van der Waals surface area contributed by atoms with Gasteiger partial charge in [-0.3, -0.25) is 24.0 Å². The van der Waals surface area contributed by atoms with E-state index in [0.717, 1.165) is 65.3 Å². The van der Waals surface area contributed by atoms with Crippen LogP contribution in [0, 0.1) is 12.8 Å². The molecule has 2 N–H and O–H groups in total. The van der Waals surface area contributed by atoms with E-state index in [1.165, 1.54) is 0 Å². The van der Waals surface area contributed by atoms with Gasteiger partial charge in [-0.1, -0.05) is 32.0 Å². The number of carbonyl (C=O) groups is 2. The second kappa shape index (κ2) is 16.1. The van der Waals surface area contributed by atoms with Gasteiger partial charge in [0.1, 0.15) is 0 Å². The topological polar surface area (TPSA) is 109 Å². The van der Waals surface area contributed by atoms with E-state index in [9.17, 15) is 9.59 Å². The van der Waals surface area contributed by atoms with Gasteiger partial charge in [0.15, 0.2) is 0 Å². The van der Waals surface area contributed by atoms with Crippen LogP contribution in [0.2, 0.25) is 0 Å². The molecule has 0 radical (unpaired) electrons. The Balaban J connectivity index is 0.00000480. The lowest BCUT2D eigenvalue weighted by Gasteiger charge is -2.41. The third-order valence-electron chi connectivity index (χ3n) is 8.00. The van der Waals surface area contributed by atoms with Gasteiger partial charge >= 0.3 is 5.97 Å². The second-order valence-corrected chi connectivity index (χ2v) is 12.4. The molecular formula is C35H42IN7O3. The molecule has 46 heavy (non-hydrogen) atoms. The summed E-state index contributed by atoms with van der Waals surface area (Å²) in [6.45, 7) is 11.0. The van der Waals surface area contributed by atoms with Gasteiger partial charge < -0.3 is 39.3 Å². The van der Waals surface area contributed by atoms with E-state index in [-0.39, 0.29) is 35.9 Å². The summed E-state index contributed by atoms with van der Waals surface area (Å²) in [6.07, 6.45) is 5.66. The van der Waals surface area contributed by atoms with E-state index < -0.39 is 0 Å². The molecule has 0 spiro atoms. The minimum atomic E-state index is -0.177. The number of nitrogens with zero attached hydrogens (tertiary/aromatic N) is 5. The van der Waals surface area contributed by atoms with Crippen molar-refractivity contribution in [3.8, 4) is 11.3 Å². The SMILES string of the molecule is Cc1ccc(NC(=O)c2ccc(CN3CC[N+](C)(COC(=O)CC(C)C)CC3)cc2)cc1Nc1nccc(-c2cccnc2)n1.[I-]. The molecule has 4 aromatic rings. The first-order chi connectivity index (χ1) is 21.7. The zero-order chi connectivity index (χ0) is 31.8. The number of hydrogen-bond donors (Lipinski definition) is 2. The zero-order valence-electron chi connectivity index (χ0n) is 26.9. The summed E-state index contributed by atoms with van der Waals surface area (Å²) >= 11 is 0. The summed E-state index contributed by atoms with van der Waals surface area (Å²) < 4.78 is 6.29. The highest BCUT2D eigenvalue weighted by molar-refractivity contribution is 6.04. The average molecular weight is 736 g/mol. The molecule has 0 aliphatic carbocycles. The molecule has 11 heteroatoms. The third kappa shape index (κ3) is 9.78. The Bertz CT molecular complexity index is 1610. The number of carbonyl (C=O) groups excluding carboxylic acids is 2. The number of rotatable bonds is 11. The van der Waals surface area contributed by atoms with Gasteiger partial charge in [-0.2, -0.15) is 0 Å². The fourth-order valence-corrected chi connectivity index (χ4v) is 5.17. The summed E-state index contributed by atoms with van der Waals surface area (Å²) in [4.78, 5) is 40.7. The highest BCUT2D eigenvalue weighted by atomic mass is 127. The number of amides is 1. The molecular weight excluding hydrogens is 693 g/mol. The molecule has 3 heterocycles. The van der Waals surface area contributed by atoms with E-state index in [1.807, 2.05) is 81.4 Å². The number of pyridine rings is 1. The van der Waals surface area contributed by atoms with E-state index in [1.54, 1.807) is 18.6 Å². The fourth-order valence-electron chi connectivity index (χ4n) is 5.17. The van der Waals surface area contributed by atoms with Crippen molar-refractivity contribution in [1.82, 2.24) is 19.9 Å². The monoisotopic (exact) mass is 735 g/mol. The van der Waals surface area contributed by atoms with Gasteiger partial charge in [0.25, 0.3) is 5.91 Å². The van der Waals surface area contributed by atoms with Crippen molar-refractivity contribution in [3.63, 3.8) is 0 Å². The van der Waals surface area contributed by atoms with Crippen LogP contribution in [0.5, 0.6) is 0 Å². The molecule has 10 nitrogen and oxygen atoms in total. The Morgan fingerprint density at radius 1 is 1.02 bits per heavy atom. The lowest BCUT2D eigenvalue weighted by molar-refractivity contribution is -0.929. The predicted octanol–water partition coefficient (Wildman–Crippen LogP) is 2.66.